The third kappa shape index (κ3) is 8.32. The number of amides is 3. The van der Waals surface area contributed by atoms with Gasteiger partial charge in [-0.3, -0.25) is 24.3 Å². The number of thioether (sulfide) groups is 3. The van der Waals surface area contributed by atoms with Crippen LogP contribution in [0.2, 0.25) is 4.34 Å². The number of nitrogens with zero attached hydrogens (tertiary/aromatic N) is 5. The van der Waals surface area contributed by atoms with E-state index in [1.54, 1.807) is 18.5 Å². The number of halogens is 2. The number of thiazole rings is 1. The van der Waals surface area contributed by atoms with Crippen LogP contribution in [0.25, 0.3) is 0 Å². The average molecular weight is 733 g/mol. The number of hydrogen-bond acceptors (Lipinski definition) is 14. The number of nitrogen functional groups attached to an aromatic ring is 1. The lowest BCUT2D eigenvalue weighted by Gasteiger charge is -2.49. The van der Waals surface area contributed by atoms with E-state index >= 15 is 0 Å². The highest BCUT2D eigenvalue weighted by molar-refractivity contribution is 8.06. The number of guanidine groups is 1. The lowest BCUT2D eigenvalue weighted by Crippen LogP contribution is -2.71. The first-order chi connectivity index (χ1) is 22.0. The van der Waals surface area contributed by atoms with Crippen LogP contribution in [0.3, 0.4) is 0 Å². The summed E-state index contributed by atoms with van der Waals surface area (Å²) in [6.07, 6.45) is 3.05. The summed E-state index contributed by atoms with van der Waals surface area (Å²) >= 11 is 10.9. The number of rotatable bonds is 16. The van der Waals surface area contributed by atoms with Crippen molar-refractivity contribution in [3.8, 4) is 0 Å². The summed E-state index contributed by atoms with van der Waals surface area (Å²) in [5.41, 5.74) is 16.6. The number of carboxylic acid groups (broad SMARTS) is 1. The fraction of sp³-hybridized carbons (Fsp3) is 0.333. The van der Waals surface area contributed by atoms with Crippen LogP contribution < -0.4 is 27.8 Å². The van der Waals surface area contributed by atoms with Crippen molar-refractivity contribution in [2.75, 3.05) is 30.5 Å². The number of aliphatic carboxylic acids is 1. The highest BCUT2D eigenvalue weighted by atomic mass is 35.5. The number of carbonyl (C=O) groups is 4. The first-order valence-corrected chi connectivity index (χ1v) is 17.1. The van der Waals surface area contributed by atoms with Crippen LogP contribution in [-0.4, -0.2) is 98.2 Å². The highest BCUT2D eigenvalue weighted by Crippen LogP contribution is 2.46. The molecule has 246 valence electrons. The van der Waals surface area contributed by atoms with E-state index in [0.717, 1.165) is 21.8 Å². The van der Waals surface area contributed by atoms with Gasteiger partial charge in [0.15, 0.2) is 16.8 Å². The van der Waals surface area contributed by atoms with Gasteiger partial charge in [0.05, 0.1) is 0 Å². The van der Waals surface area contributed by atoms with Gasteiger partial charge in [-0.1, -0.05) is 39.9 Å². The minimum Gasteiger partial charge on any atom is -0.477 e. The number of carbonyl (C=O) groups excluding carboxylic acids is 3. The van der Waals surface area contributed by atoms with Crippen molar-refractivity contribution in [3.05, 3.63) is 44.7 Å². The monoisotopic (exact) mass is 732 g/mol. The molecule has 0 bridgehead atoms. The Balaban J connectivity index is 1.49. The number of aliphatic imine (C=N–C) groups is 1. The smallest absolute Gasteiger partial charge is 0.353 e. The molecule has 16 nitrogen and oxygen atoms in total. The van der Waals surface area contributed by atoms with Crippen LogP contribution in [0.5, 0.6) is 0 Å². The Labute approximate surface area is 282 Å². The number of aromatic nitrogens is 2. The molecule has 2 aromatic rings. The highest BCUT2D eigenvalue weighted by Gasteiger charge is 2.54. The SMILES string of the molecule is NC(N)=NC(CSCc1cnccc1SC1=C(C(=O)O)N2C(=O)[C@@H](NC(=O)/C(=N\OCCF)c3nc(N)sc3Cl)[C@@H]2SC1)NC=O. The number of alkyl halides is 1. The van der Waals surface area contributed by atoms with Crippen LogP contribution in [0.15, 0.2) is 44.1 Å². The molecule has 9 N–H and O–H groups in total. The lowest BCUT2D eigenvalue weighted by atomic mass is 10.0. The molecule has 22 heteroatoms. The molecule has 3 atom stereocenters. The molecule has 1 unspecified atom stereocenters. The van der Waals surface area contributed by atoms with Gasteiger partial charge in [-0.15, -0.1) is 11.8 Å². The molecule has 1 fully saturated rings. The zero-order valence-corrected chi connectivity index (χ0v) is 27.4. The predicted molar refractivity (Wildman–Crippen MR) is 175 cm³/mol. The van der Waals surface area contributed by atoms with Gasteiger partial charge in [-0.25, -0.2) is 19.2 Å². The molecule has 2 aromatic heterocycles. The number of β-lactam (4-membered cyclic amide) rings is 1. The Kier molecular flexibility index (Phi) is 12.3. The number of hydrogen-bond donors (Lipinski definition) is 6. The molecule has 4 heterocycles. The van der Waals surface area contributed by atoms with E-state index in [-0.39, 0.29) is 32.6 Å². The summed E-state index contributed by atoms with van der Waals surface area (Å²) in [5, 5.41) is 18.1. The largest absolute Gasteiger partial charge is 0.477 e. The quantitative estimate of drug-likeness (QED) is 0.0344. The third-order valence-corrected chi connectivity index (χ3v) is 10.8. The molecule has 3 amide bonds. The molecule has 0 radical (unpaired) electrons. The maximum absolute atomic E-state index is 13.3. The van der Waals surface area contributed by atoms with Gasteiger partial charge in [0.2, 0.25) is 6.41 Å². The minimum atomic E-state index is -1.32. The number of anilines is 1. The molecule has 1 saturated heterocycles. The minimum absolute atomic E-state index is 0.0294. The third-order valence-electron chi connectivity index (χ3n) is 5.98. The van der Waals surface area contributed by atoms with Crippen LogP contribution in [0.4, 0.5) is 9.52 Å². The zero-order chi connectivity index (χ0) is 33.4. The van der Waals surface area contributed by atoms with Crippen molar-refractivity contribution in [3.63, 3.8) is 0 Å². The summed E-state index contributed by atoms with van der Waals surface area (Å²) in [6.45, 7) is -1.31. The second kappa shape index (κ2) is 16.2. The van der Waals surface area contributed by atoms with E-state index in [2.05, 4.69) is 30.7 Å². The molecule has 4 rings (SSSR count). The Morgan fingerprint density at radius 1 is 1.39 bits per heavy atom. The van der Waals surface area contributed by atoms with Gasteiger partial charge in [0, 0.05) is 39.5 Å². The van der Waals surface area contributed by atoms with Gasteiger partial charge in [-0.2, -0.15) is 11.8 Å². The lowest BCUT2D eigenvalue weighted by molar-refractivity contribution is -0.150. The molecule has 0 saturated carbocycles. The Morgan fingerprint density at radius 3 is 2.83 bits per heavy atom. The topological polar surface area (TPSA) is 254 Å². The molecule has 0 aliphatic carbocycles. The van der Waals surface area contributed by atoms with Gasteiger partial charge < -0.3 is 37.8 Å². The Morgan fingerprint density at radius 2 is 2.17 bits per heavy atom. The van der Waals surface area contributed by atoms with Gasteiger partial charge in [0.25, 0.3) is 11.8 Å². The van der Waals surface area contributed by atoms with Crippen LogP contribution in [0, 0.1) is 0 Å². The van der Waals surface area contributed by atoms with E-state index in [9.17, 15) is 28.7 Å². The zero-order valence-electron chi connectivity index (χ0n) is 23.4. The van der Waals surface area contributed by atoms with Gasteiger partial charge in [0.1, 0.15) is 46.6 Å². The van der Waals surface area contributed by atoms with Crippen molar-refractivity contribution in [2.45, 2.75) is 28.2 Å². The predicted octanol–water partition coefficient (Wildman–Crippen LogP) is 0.531. The van der Waals surface area contributed by atoms with E-state index in [1.807, 2.05) is 0 Å². The van der Waals surface area contributed by atoms with Crippen molar-refractivity contribution < 1.29 is 33.5 Å². The summed E-state index contributed by atoms with van der Waals surface area (Å²) in [7, 11) is 0. The first kappa shape index (κ1) is 35.1. The Bertz CT molecular complexity index is 1590. The number of fused-ring (bicyclic) bond motifs is 1. The number of carboxylic acids is 1. The first-order valence-electron chi connectivity index (χ1n) is 12.9. The molecular weight excluding hydrogens is 707 g/mol. The van der Waals surface area contributed by atoms with E-state index < -0.39 is 54.4 Å². The van der Waals surface area contributed by atoms with Crippen molar-refractivity contribution in [1.29, 1.82) is 0 Å². The maximum Gasteiger partial charge on any atom is 0.353 e. The molecule has 0 aromatic carbocycles. The Hall–Kier alpha value is -3.79. The fourth-order valence-electron chi connectivity index (χ4n) is 4.10. The van der Waals surface area contributed by atoms with Gasteiger partial charge in [-0.05, 0) is 11.6 Å². The molecule has 46 heavy (non-hydrogen) atoms. The molecule has 2 aliphatic rings. The summed E-state index contributed by atoms with van der Waals surface area (Å²) in [4.78, 5) is 68.9. The van der Waals surface area contributed by atoms with Crippen molar-refractivity contribution >= 4 is 99.2 Å². The van der Waals surface area contributed by atoms with E-state index in [0.29, 0.717) is 27.7 Å². The number of pyridine rings is 1. The van der Waals surface area contributed by atoms with Gasteiger partial charge >= 0.3 is 5.97 Å². The van der Waals surface area contributed by atoms with E-state index in [1.165, 1.54) is 35.3 Å². The summed E-state index contributed by atoms with van der Waals surface area (Å²) in [6, 6.07) is 0.620. The number of nitrogens with two attached hydrogens (primary N) is 3. The van der Waals surface area contributed by atoms with Crippen LogP contribution in [0.1, 0.15) is 11.3 Å². The normalized spacial score (nSPS) is 18.3. The second-order valence-corrected chi connectivity index (χ2v) is 13.9. The maximum atomic E-state index is 13.3. The van der Waals surface area contributed by atoms with Crippen molar-refractivity contribution in [2.24, 2.45) is 21.6 Å². The molecule has 0 spiro atoms. The van der Waals surface area contributed by atoms with E-state index in [4.69, 9.17) is 33.6 Å². The summed E-state index contributed by atoms with van der Waals surface area (Å²) < 4.78 is 12.6. The summed E-state index contributed by atoms with van der Waals surface area (Å²) in [5.74, 6) is -2.05. The number of oxime groups is 1. The van der Waals surface area contributed by atoms with Crippen LogP contribution in [-0.2, 0) is 29.8 Å². The standard InChI is InChI=1S/C24H26ClFN10O6S4/c25-18-14(34-24(29)46-18)15(35-42-4-2-26)19(38)33-16-20(39)36-17(22(40)41)12(7-44-21(16)36)45-11-1-3-30-5-10(11)6-43-8-13(31-9-37)32-23(27)28/h1,3,5,9,13,16,21H,2,4,6-8H2,(H2,29,34)(H,31,37)(H,33,38)(H,40,41)(H4,27,28,32)/b35-15-/t13?,16-,21+/m1/s1. The fourth-order valence-corrected chi connectivity index (χ4v) is 8.64. The molecular formula is C24H26ClFN10O6S4. The van der Waals surface area contributed by atoms with Crippen LogP contribution >= 0.6 is 58.2 Å². The average Bonchev–Trinajstić information content (AvgIpc) is 3.35. The number of nitrogens with one attached hydrogen (secondary N) is 2. The van der Waals surface area contributed by atoms with Crippen molar-refractivity contribution in [1.82, 2.24) is 25.5 Å². The molecule has 2 aliphatic heterocycles. The second-order valence-electron chi connectivity index (χ2n) is 9.03.